The van der Waals surface area contributed by atoms with Gasteiger partial charge in [-0.1, -0.05) is 19.1 Å². The summed E-state index contributed by atoms with van der Waals surface area (Å²) in [5, 5.41) is 2.79. The number of likely N-dealkylation sites (N-methyl/N-ethyl adjacent to an activating group) is 1. The molecule has 0 saturated heterocycles. The molecular weight excluding hydrogens is 288 g/mol. The van der Waals surface area contributed by atoms with Crippen LogP contribution >= 0.6 is 0 Å². The Labute approximate surface area is 139 Å². The van der Waals surface area contributed by atoms with Crippen molar-refractivity contribution in [2.45, 2.75) is 53.1 Å². The minimum atomic E-state index is -0.497. The Bertz CT molecular complexity index is 595. The van der Waals surface area contributed by atoms with Gasteiger partial charge in [-0.25, -0.2) is 0 Å². The quantitative estimate of drug-likeness (QED) is 0.897. The summed E-state index contributed by atoms with van der Waals surface area (Å²) in [6.45, 7) is 11.8. The Morgan fingerprint density at radius 1 is 1.43 bits per heavy atom. The van der Waals surface area contributed by atoms with Crippen molar-refractivity contribution in [1.82, 2.24) is 5.32 Å². The van der Waals surface area contributed by atoms with Crippen molar-refractivity contribution in [3.63, 3.8) is 0 Å². The van der Waals surface area contributed by atoms with Crippen LogP contribution in [0.1, 0.15) is 52.5 Å². The molecule has 1 heterocycles. The molecule has 0 radical (unpaired) electrons. The first-order valence-corrected chi connectivity index (χ1v) is 8.50. The second kappa shape index (κ2) is 7.53. The third kappa shape index (κ3) is 3.87. The van der Waals surface area contributed by atoms with E-state index in [4.69, 9.17) is 4.74 Å². The van der Waals surface area contributed by atoms with Gasteiger partial charge in [0, 0.05) is 30.5 Å². The van der Waals surface area contributed by atoms with E-state index in [2.05, 4.69) is 49.2 Å². The molecule has 0 aliphatic carbocycles. The largest absolute Gasteiger partial charge is 0.481 e. The number of hydrogen-bond donors (Lipinski definition) is 1. The van der Waals surface area contributed by atoms with Crippen LogP contribution in [-0.4, -0.2) is 25.1 Å². The molecule has 0 fully saturated rings. The molecule has 0 spiro atoms. The lowest BCUT2D eigenvalue weighted by molar-refractivity contribution is -0.127. The van der Waals surface area contributed by atoms with Gasteiger partial charge >= 0.3 is 0 Å². The number of nitrogens with zero attached hydrogens (tertiary/aromatic N) is 1. The van der Waals surface area contributed by atoms with E-state index in [1.54, 1.807) is 6.92 Å². The minimum absolute atomic E-state index is 0.0840. The third-order valence-corrected chi connectivity index (χ3v) is 4.37. The number of benzene rings is 1. The van der Waals surface area contributed by atoms with Crippen LogP contribution in [0.25, 0.3) is 0 Å². The highest BCUT2D eigenvalue weighted by molar-refractivity contribution is 5.80. The fraction of sp³-hybridized carbons (Fsp3) is 0.526. The number of amides is 1. The lowest BCUT2D eigenvalue weighted by Gasteiger charge is -2.26. The second-order valence-electron chi connectivity index (χ2n) is 6.10. The molecule has 0 bridgehead atoms. The summed E-state index contributed by atoms with van der Waals surface area (Å²) in [5.74, 6) is 1.13. The zero-order valence-electron chi connectivity index (χ0n) is 14.8. The van der Waals surface area contributed by atoms with E-state index >= 15 is 0 Å². The lowest BCUT2D eigenvalue weighted by Crippen LogP contribution is -2.36. The number of nitrogens with one attached hydrogen (secondary N) is 1. The predicted molar refractivity (Wildman–Crippen MR) is 95.0 cm³/mol. The van der Waals surface area contributed by atoms with Gasteiger partial charge in [-0.2, -0.15) is 0 Å². The molecule has 1 aliphatic rings. The second-order valence-corrected chi connectivity index (χ2v) is 6.10. The summed E-state index contributed by atoms with van der Waals surface area (Å²) in [6, 6.07) is 6.17. The van der Waals surface area contributed by atoms with E-state index in [-0.39, 0.29) is 5.91 Å². The van der Waals surface area contributed by atoms with Crippen LogP contribution in [0.4, 0.5) is 5.69 Å². The fourth-order valence-corrected chi connectivity index (χ4v) is 3.02. The Morgan fingerprint density at radius 3 is 2.83 bits per heavy atom. The molecule has 0 saturated carbocycles. The van der Waals surface area contributed by atoms with Gasteiger partial charge in [0.05, 0.1) is 0 Å². The molecule has 126 valence electrons. The molecule has 0 aromatic heterocycles. The standard InChI is InChI=1S/C19H28N2O2/c1-6-20-19(22)15(5)23-16-10-11-17-13(3)8-9-14(4)21(7-2)18(17)12-16/h9-13,15H,6-8H2,1-5H3,(H,20,22). The average molecular weight is 316 g/mol. The average Bonchev–Trinajstić information content (AvgIpc) is 2.64. The van der Waals surface area contributed by atoms with Gasteiger partial charge in [-0.15, -0.1) is 0 Å². The first kappa shape index (κ1) is 17.4. The number of rotatable bonds is 5. The summed E-state index contributed by atoms with van der Waals surface area (Å²) >= 11 is 0. The molecule has 1 aromatic rings. The first-order chi connectivity index (χ1) is 11.0. The molecule has 2 unspecified atom stereocenters. The molecule has 1 amide bonds. The van der Waals surface area contributed by atoms with Crippen LogP contribution in [0.3, 0.4) is 0 Å². The van der Waals surface area contributed by atoms with E-state index in [9.17, 15) is 4.79 Å². The van der Waals surface area contributed by atoms with Gasteiger partial charge in [0.2, 0.25) is 0 Å². The number of allylic oxidation sites excluding steroid dienone is 2. The summed E-state index contributed by atoms with van der Waals surface area (Å²) in [6.07, 6.45) is 2.85. The Kier molecular flexibility index (Phi) is 5.69. The fourth-order valence-electron chi connectivity index (χ4n) is 3.02. The summed E-state index contributed by atoms with van der Waals surface area (Å²) in [4.78, 5) is 14.2. The van der Waals surface area contributed by atoms with Crippen molar-refractivity contribution in [3.8, 4) is 5.75 Å². The number of carbonyl (C=O) groups excluding carboxylic acids is 1. The maximum Gasteiger partial charge on any atom is 0.260 e. The van der Waals surface area contributed by atoms with Crippen molar-refractivity contribution in [3.05, 3.63) is 35.5 Å². The van der Waals surface area contributed by atoms with Crippen molar-refractivity contribution >= 4 is 11.6 Å². The normalized spacial score (nSPS) is 18.6. The van der Waals surface area contributed by atoms with Crippen LogP contribution in [0.2, 0.25) is 0 Å². The number of ether oxygens (including phenoxy) is 1. The number of anilines is 1. The van der Waals surface area contributed by atoms with Gasteiger partial charge in [0.1, 0.15) is 5.75 Å². The molecule has 1 aliphatic heterocycles. The van der Waals surface area contributed by atoms with Gasteiger partial charge < -0.3 is 15.0 Å². The van der Waals surface area contributed by atoms with Crippen LogP contribution in [0.15, 0.2) is 30.0 Å². The zero-order chi connectivity index (χ0) is 17.0. The van der Waals surface area contributed by atoms with E-state index < -0.39 is 6.10 Å². The molecule has 23 heavy (non-hydrogen) atoms. The van der Waals surface area contributed by atoms with Crippen molar-refractivity contribution in [1.29, 1.82) is 0 Å². The van der Waals surface area contributed by atoms with E-state index in [0.29, 0.717) is 12.5 Å². The SMILES string of the molecule is CCNC(=O)C(C)Oc1ccc2c(c1)N(CC)C(C)=CCC2C. The highest BCUT2D eigenvalue weighted by Gasteiger charge is 2.21. The monoisotopic (exact) mass is 316 g/mol. The van der Waals surface area contributed by atoms with Crippen molar-refractivity contribution in [2.75, 3.05) is 18.0 Å². The Balaban J connectivity index is 2.29. The van der Waals surface area contributed by atoms with E-state index in [1.165, 1.54) is 16.9 Å². The Hall–Kier alpha value is -1.97. The van der Waals surface area contributed by atoms with E-state index in [0.717, 1.165) is 18.7 Å². The molecule has 4 nitrogen and oxygen atoms in total. The van der Waals surface area contributed by atoms with Crippen LogP contribution in [0.5, 0.6) is 5.75 Å². The number of carbonyl (C=O) groups is 1. The number of hydrogen-bond acceptors (Lipinski definition) is 3. The molecule has 1 N–H and O–H groups in total. The predicted octanol–water partition coefficient (Wildman–Crippen LogP) is 3.83. The van der Waals surface area contributed by atoms with Crippen molar-refractivity contribution < 1.29 is 9.53 Å². The molecule has 4 heteroatoms. The van der Waals surface area contributed by atoms with Gasteiger partial charge in [0.15, 0.2) is 6.10 Å². The molecule has 2 rings (SSSR count). The summed E-state index contributed by atoms with van der Waals surface area (Å²) in [7, 11) is 0. The maximum atomic E-state index is 11.9. The zero-order valence-corrected chi connectivity index (χ0v) is 14.8. The van der Waals surface area contributed by atoms with Crippen LogP contribution in [-0.2, 0) is 4.79 Å². The molecular formula is C19H28N2O2. The number of fused-ring (bicyclic) bond motifs is 1. The molecule has 1 aromatic carbocycles. The minimum Gasteiger partial charge on any atom is -0.481 e. The van der Waals surface area contributed by atoms with Crippen molar-refractivity contribution in [2.24, 2.45) is 0 Å². The molecule has 2 atom stereocenters. The van der Waals surface area contributed by atoms with E-state index in [1.807, 2.05) is 13.0 Å². The van der Waals surface area contributed by atoms with Gasteiger partial charge in [-0.05, 0) is 51.7 Å². The lowest BCUT2D eigenvalue weighted by atomic mass is 9.96. The summed E-state index contributed by atoms with van der Waals surface area (Å²) in [5.41, 5.74) is 3.79. The highest BCUT2D eigenvalue weighted by Crippen LogP contribution is 2.37. The van der Waals surface area contributed by atoms with Gasteiger partial charge in [0.25, 0.3) is 5.91 Å². The first-order valence-electron chi connectivity index (χ1n) is 8.50. The smallest absolute Gasteiger partial charge is 0.260 e. The van der Waals surface area contributed by atoms with Crippen LogP contribution in [0, 0.1) is 0 Å². The van der Waals surface area contributed by atoms with Gasteiger partial charge in [-0.3, -0.25) is 4.79 Å². The Morgan fingerprint density at radius 2 is 2.17 bits per heavy atom. The summed E-state index contributed by atoms with van der Waals surface area (Å²) < 4.78 is 5.84. The highest BCUT2D eigenvalue weighted by atomic mass is 16.5. The third-order valence-electron chi connectivity index (χ3n) is 4.37. The van der Waals surface area contributed by atoms with Crippen LogP contribution < -0.4 is 15.0 Å². The topological polar surface area (TPSA) is 41.6 Å². The maximum absolute atomic E-state index is 11.9.